The van der Waals surface area contributed by atoms with Crippen molar-refractivity contribution in [1.82, 2.24) is 0 Å². The molecule has 1 aliphatic heterocycles. The lowest BCUT2D eigenvalue weighted by molar-refractivity contribution is -0.137. The molecule has 1 aliphatic rings. The summed E-state index contributed by atoms with van der Waals surface area (Å²) in [5.41, 5.74) is 5.67. The first-order chi connectivity index (χ1) is 8.75. The number of nitrogen functional groups attached to an aromatic ring is 1. The van der Waals surface area contributed by atoms with Crippen LogP contribution in [0, 0.1) is 11.8 Å². The molecule has 0 bridgehead atoms. The number of alkyl halides is 3. The van der Waals surface area contributed by atoms with Crippen molar-refractivity contribution in [3.8, 4) is 0 Å². The second-order valence-electron chi connectivity index (χ2n) is 5.66. The van der Waals surface area contributed by atoms with Crippen molar-refractivity contribution in [2.45, 2.75) is 26.4 Å². The van der Waals surface area contributed by atoms with Gasteiger partial charge in [-0.2, -0.15) is 13.2 Å². The molecule has 0 aromatic heterocycles. The van der Waals surface area contributed by atoms with E-state index in [0.717, 1.165) is 25.6 Å². The zero-order valence-corrected chi connectivity index (χ0v) is 11.2. The van der Waals surface area contributed by atoms with Crippen molar-refractivity contribution in [2.75, 3.05) is 23.7 Å². The van der Waals surface area contributed by atoms with E-state index < -0.39 is 11.7 Å². The summed E-state index contributed by atoms with van der Waals surface area (Å²) < 4.78 is 38.4. The number of halogens is 3. The van der Waals surface area contributed by atoms with Crippen LogP contribution in [0.4, 0.5) is 24.5 Å². The van der Waals surface area contributed by atoms with E-state index >= 15 is 0 Å². The Morgan fingerprint density at radius 1 is 1.11 bits per heavy atom. The largest absolute Gasteiger partial charge is 0.416 e. The molecule has 1 heterocycles. The summed E-state index contributed by atoms with van der Waals surface area (Å²) in [5.74, 6) is 0.971. The van der Waals surface area contributed by atoms with E-state index in [9.17, 15) is 13.2 Å². The Hall–Kier alpha value is -1.39. The zero-order valence-electron chi connectivity index (χ0n) is 11.2. The second kappa shape index (κ2) is 4.94. The summed E-state index contributed by atoms with van der Waals surface area (Å²) in [5, 5.41) is 0. The Morgan fingerprint density at radius 3 is 2.21 bits per heavy atom. The quantitative estimate of drug-likeness (QED) is 0.788. The highest BCUT2D eigenvalue weighted by Gasteiger charge is 2.32. The van der Waals surface area contributed by atoms with E-state index in [1.807, 2.05) is 4.90 Å². The van der Waals surface area contributed by atoms with Gasteiger partial charge in [-0.1, -0.05) is 13.8 Å². The van der Waals surface area contributed by atoms with Gasteiger partial charge in [0.2, 0.25) is 0 Å². The van der Waals surface area contributed by atoms with Gasteiger partial charge in [-0.25, -0.2) is 0 Å². The number of hydrogen-bond donors (Lipinski definition) is 1. The van der Waals surface area contributed by atoms with Gasteiger partial charge in [0.1, 0.15) is 0 Å². The molecular formula is C14H19F3N2. The van der Waals surface area contributed by atoms with E-state index in [4.69, 9.17) is 5.73 Å². The second-order valence-corrected chi connectivity index (χ2v) is 5.66. The molecular weight excluding hydrogens is 253 g/mol. The van der Waals surface area contributed by atoms with Crippen LogP contribution in [-0.4, -0.2) is 13.1 Å². The maximum atomic E-state index is 12.8. The van der Waals surface area contributed by atoms with Gasteiger partial charge in [0.05, 0.1) is 5.56 Å². The third-order valence-electron chi connectivity index (χ3n) is 3.50. The van der Waals surface area contributed by atoms with Gasteiger partial charge in [-0.15, -0.1) is 0 Å². The minimum Gasteiger partial charge on any atom is -0.399 e. The van der Waals surface area contributed by atoms with Crippen molar-refractivity contribution in [2.24, 2.45) is 11.8 Å². The van der Waals surface area contributed by atoms with Gasteiger partial charge in [0.25, 0.3) is 0 Å². The van der Waals surface area contributed by atoms with Crippen LogP contribution in [0.25, 0.3) is 0 Å². The minimum absolute atomic E-state index is 0.163. The molecule has 2 nitrogen and oxygen atoms in total. The summed E-state index contributed by atoms with van der Waals surface area (Å²) in [7, 11) is 0. The van der Waals surface area contributed by atoms with Gasteiger partial charge in [0, 0.05) is 24.5 Å². The van der Waals surface area contributed by atoms with E-state index in [-0.39, 0.29) is 5.69 Å². The SMILES string of the molecule is C[C@@H]1C[C@@H](C)CN(c2cc(N)cc(C(F)(F)F)c2)C1. The summed E-state index contributed by atoms with van der Waals surface area (Å²) in [6, 6.07) is 3.81. The fraction of sp³-hybridized carbons (Fsp3) is 0.571. The highest BCUT2D eigenvalue weighted by Crippen LogP contribution is 2.35. The normalized spacial score (nSPS) is 24.6. The fourth-order valence-electron chi connectivity index (χ4n) is 2.85. The van der Waals surface area contributed by atoms with Crippen LogP contribution < -0.4 is 10.6 Å². The minimum atomic E-state index is -4.35. The smallest absolute Gasteiger partial charge is 0.399 e. The Bertz CT molecular complexity index is 446. The van der Waals surface area contributed by atoms with Crippen LogP contribution in [0.3, 0.4) is 0 Å². The fourth-order valence-corrected chi connectivity index (χ4v) is 2.85. The molecule has 19 heavy (non-hydrogen) atoms. The van der Waals surface area contributed by atoms with Crippen LogP contribution in [0.15, 0.2) is 18.2 Å². The Balaban J connectivity index is 2.31. The maximum Gasteiger partial charge on any atom is 0.416 e. The molecule has 2 atom stereocenters. The molecule has 0 spiro atoms. The van der Waals surface area contributed by atoms with Crippen LogP contribution in [-0.2, 0) is 6.18 Å². The van der Waals surface area contributed by atoms with Gasteiger partial charge < -0.3 is 10.6 Å². The van der Waals surface area contributed by atoms with Crippen LogP contribution >= 0.6 is 0 Å². The average Bonchev–Trinajstić information content (AvgIpc) is 2.25. The summed E-state index contributed by atoms with van der Waals surface area (Å²) in [6.45, 7) is 5.81. The highest BCUT2D eigenvalue weighted by molar-refractivity contribution is 5.59. The topological polar surface area (TPSA) is 29.3 Å². The summed E-state index contributed by atoms with van der Waals surface area (Å²) in [6.07, 6.45) is -3.23. The monoisotopic (exact) mass is 272 g/mol. The molecule has 106 valence electrons. The molecule has 0 aliphatic carbocycles. The lowest BCUT2D eigenvalue weighted by Gasteiger charge is -2.37. The van der Waals surface area contributed by atoms with E-state index in [1.54, 1.807) is 6.07 Å². The third-order valence-corrected chi connectivity index (χ3v) is 3.50. The molecule has 2 rings (SSSR count). The average molecular weight is 272 g/mol. The molecule has 1 aromatic carbocycles. The number of hydrogen-bond acceptors (Lipinski definition) is 2. The highest BCUT2D eigenvalue weighted by atomic mass is 19.4. The molecule has 0 amide bonds. The maximum absolute atomic E-state index is 12.8. The zero-order chi connectivity index (χ0) is 14.2. The number of anilines is 2. The van der Waals surface area contributed by atoms with Gasteiger partial charge in [-0.05, 0) is 36.5 Å². The Kier molecular flexibility index (Phi) is 3.65. The molecule has 1 fully saturated rings. The van der Waals surface area contributed by atoms with Crippen molar-refractivity contribution in [1.29, 1.82) is 0 Å². The lowest BCUT2D eigenvalue weighted by Crippen LogP contribution is -2.38. The van der Waals surface area contributed by atoms with Gasteiger partial charge >= 0.3 is 6.18 Å². The first kappa shape index (κ1) is 14.0. The molecule has 0 radical (unpaired) electrons. The molecule has 1 saturated heterocycles. The predicted octanol–water partition coefficient (Wildman–Crippen LogP) is 3.77. The molecule has 0 saturated carbocycles. The first-order valence-electron chi connectivity index (χ1n) is 6.48. The first-order valence-corrected chi connectivity index (χ1v) is 6.48. The van der Waals surface area contributed by atoms with Crippen molar-refractivity contribution in [3.05, 3.63) is 23.8 Å². The van der Waals surface area contributed by atoms with Crippen LogP contribution in [0.1, 0.15) is 25.8 Å². The molecule has 1 aromatic rings. The number of nitrogens with zero attached hydrogens (tertiary/aromatic N) is 1. The standard InChI is InChI=1S/C14H19F3N2/c1-9-3-10(2)8-19(7-9)13-5-11(14(15,16)17)4-12(18)6-13/h4-6,9-10H,3,7-8,18H2,1-2H3/t9-,10-/m1/s1. The van der Waals surface area contributed by atoms with Crippen molar-refractivity contribution >= 4 is 11.4 Å². The molecule has 0 unspecified atom stereocenters. The van der Waals surface area contributed by atoms with Gasteiger partial charge in [-0.3, -0.25) is 0 Å². The molecule has 2 N–H and O–H groups in total. The Morgan fingerprint density at radius 2 is 1.68 bits per heavy atom. The predicted molar refractivity (Wildman–Crippen MR) is 71.0 cm³/mol. The summed E-state index contributed by atoms with van der Waals surface area (Å²) in [4.78, 5) is 2.00. The number of piperidine rings is 1. The van der Waals surface area contributed by atoms with Crippen molar-refractivity contribution < 1.29 is 13.2 Å². The number of nitrogens with two attached hydrogens (primary N) is 1. The number of rotatable bonds is 1. The summed E-state index contributed by atoms with van der Waals surface area (Å²) >= 11 is 0. The van der Waals surface area contributed by atoms with Crippen molar-refractivity contribution in [3.63, 3.8) is 0 Å². The van der Waals surface area contributed by atoms with Crippen LogP contribution in [0.2, 0.25) is 0 Å². The van der Waals surface area contributed by atoms with E-state index in [1.165, 1.54) is 6.07 Å². The van der Waals surface area contributed by atoms with Crippen LogP contribution in [0.5, 0.6) is 0 Å². The van der Waals surface area contributed by atoms with E-state index in [0.29, 0.717) is 17.5 Å². The van der Waals surface area contributed by atoms with Gasteiger partial charge in [0.15, 0.2) is 0 Å². The van der Waals surface area contributed by atoms with E-state index in [2.05, 4.69) is 13.8 Å². The number of benzene rings is 1. The lowest BCUT2D eigenvalue weighted by atomic mass is 9.91. The molecule has 5 heteroatoms. The Labute approximate surface area is 111 Å². The third kappa shape index (κ3) is 3.33.